The number of nitro benzene ring substituents is 1. The number of hydrogen-bond acceptors (Lipinski definition) is 9. The molecule has 0 spiro atoms. The van der Waals surface area contributed by atoms with E-state index in [-0.39, 0.29) is 10.6 Å². The van der Waals surface area contributed by atoms with Crippen LogP contribution in [-0.4, -0.2) is 42.2 Å². The highest BCUT2D eigenvalue weighted by molar-refractivity contribution is 14.1. The number of carbonyl (C=O) groups is 1. The maximum Gasteiger partial charge on any atom is 0.312 e. The van der Waals surface area contributed by atoms with Gasteiger partial charge in [-0.25, -0.2) is 5.43 Å². The zero-order valence-corrected chi connectivity index (χ0v) is 22.6. The largest absolute Gasteiger partial charge is 0.502 e. The average Bonchev–Trinajstić information content (AvgIpc) is 3.21. The van der Waals surface area contributed by atoms with E-state index >= 15 is 0 Å². The Morgan fingerprint density at radius 2 is 2.11 bits per heavy atom. The van der Waals surface area contributed by atoms with Gasteiger partial charge in [-0.2, -0.15) is 5.10 Å². The summed E-state index contributed by atoms with van der Waals surface area (Å²) in [5.74, 6) is -0.368. The second kappa shape index (κ2) is 12.7. The van der Waals surface area contributed by atoms with E-state index in [1.54, 1.807) is 13.0 Å². The minimum atomic E-state index is -0.764. The number of thioether (sulfide) groups is 1. The van der Waals surface area contributed by atoms with Crippen molar-refractivity contribution in [3.63, 3.8) is 0 Å². The van der Waals surface area contributed by atoms with E-state index < -0.39 is 27.5 Å². The molecular weight excluding hydrogens is 621 g/mol. The molecule has 36 heavy (non-hydrogen) atoms. The quantitative estimate of drug-likeness (QED) is 0.0689. The number of aromatic nitrogens is 3. The van der Waals surface area contributed by atoms with E-state index in [0.717, 1.165) is 21.5 Å². The van der Waals surface area contributed by atoms with Gasteiger partial charge in [-0.3, -0.25) is 14.9 Å². The number of nitrogens with one attached hydrogen (secondary N) is 2. The minimum Gasteiger partial charge on any atom is -0.502 e. The van der Waals surface area contributed by atoms with Crippen molar-refractivity contribution in [3.8, 4) is 5.75 Å². The number of carbonyl (C=O) groups excluding carboxylic acids is 1. The topological polar surface area (TPSA) is 148 Å². The fourth-order valence-electron chi connectivity index (χ4n) is 2.91. The lowest BCUT2D eigenvalue weighted by Gasteiger charge is -2.12. The number of nitro groups is 1. The molecule has 188 valence electrons. The summed E-state index contributed by atoms with van der Waals surface area (Å²) in [6.45, 7) is 6.35. The number of hydrogen-bond donors (Lipinski definition) is 3. The molecule has 14 heteroatoms. The number of allylic oxidation sites excluding steroid dienone is 1. The fourth-order valence-corrected chi connectivity index (χ4v) is 4.36. The van der Waals surface area contributed by atoms with Crippen molar-refractivity contribution in [1.29, 1.82) is 0 Å². The van der Waals surface area contributed by atoms with Crippen LogP contribution in [0.5, 0.6) is 5.75 Å². The van der Waals surface area contributed by atoms with Gasteiger partial charge in [0.15, 0.2) is 11.0 Å². The zero-order chi connectivity index (χ0) is 26.2. The van der Waals surface area contributed by atoms with Crippen molar-refractivity contribution in [3.05, 3.63) is 79.1 Å². The molecular formula is C22H21ClIN7O4S. The normalized spacial score (nSPS) is 11.9. The Morgan fingerprint density at radius 1 is 1.39 bits per heavy atom. The summed E-state index contributed by atoms with van der Waals surface area (Å²) >= 11 is 9.29. The molecule has 1 amide bonds. The minimum absolute atomic E-state index is 0.00852. The van der Waals surface area contributed by atoms with Crippen molar-refractivity contribution in [2.45, 2.75) is 30.4 Å². The molecule has 0 radical (unpaired) electrons. The summed E-state index contributed by atoms with van der Waals surface area (Å²) in [6.07, 6.45) is 2.80. The van der Waals surface area contributed by atoms with Gasteiger partial charge < -0.3 is 15.0 Å². The average molecular weight is 642 g/mol. The molecule has 0 aliphatic rings. The van der Waals surface area contributed by atoms with Gasteiger partial charge >= 0.3 is 5.69 Å². The lowest BCUT2D eigenvalue weighted by molar-refractivity contribution is -0.385. The molecule has 0 unspecified atom stereocenters. The molecule has 3 aromatic rings. The third kappa shape index (κ3) is 7.18. The van der Waals surface area contributed by atoms with Gasteiger partial charge in [0.05, 0.1) is 22.9 Å². The number of rotatable bonds is 11. The first-order valence-electron chi connectivity index (χ1n) is 10.4. The summed E-state index contributed by atoms with van der Waals surface area (Å²) in [5.41, 5.74) is 2.72. The molecule has 0 fully saturated rings. The standard InChI is InChI=1S/C22H21ClIN7O4S/c1-3-8-30-19(12-25-17-6-4-16(24)5-7-17)27-29-22(30)36-13(2)21(33)28-26-11-14-9-15(23)10-18(20(14)32)31(34)35/h3-7,9-11,13,25,32H,1,8,12H2,2H3,(H,28,33)/b26-11-/t13-/m0/s1. The highest BCUT2D eigenvalue weighted by Gasteiger charge is 2.20. The first kappa shape index (κ1) is 27.4. The summed E-state index contributed by atoms with van der Waals surface area (Å²) < 4.78 is 2.99. The summed E-state index contributed by atoms with van der Waals surface area (Å²) in [5, 5.41) is 36.6. The van der Waals surface area contributed by atoms with Crippen molar-refractivity contribution in [1.82, 2.24) is 20.2 Å². The van der Waals surface area contributed by atoms with Gasteiger partial charge in [-0.15, -0.1) is 16.8 Å². The number of phenols is 1. The Morgan fingerprint density at radius 3 is 2.78 bits per heavy atom. The molecule has 0 saturated heterocycles. The van der Waals surface area contributed by atoms with Gasteiger partial charge in [-0.05, 0) is 59.8 Å². The number of amides is 1. The summed E-state index contributed by atoms with van der Waals surface area (Å²) in [4.78, 5) is 22.8. The van der Waals surface area contributed by atoms with E-state index in [9.17, 15) is 20.0 Å². The number of benzene rings is 2. The highest BCUT2D eigenvalue weighted by Crippen LogP contribution is 2.32. The van der Waals surface area contributed by atoms with Crippen LogP contribution in [0, 0.1) is 13.7 Å². The molecule has 0 aliphatic carbocycles. The molecule has 1 aromatic heterocycles. The second-order valence-electron chi connectivity index (χ2n) is 7.27. The first-order valence-corrected chi connectivity index (χ1v) is 12.7. The number of hydrazone groups is 1. The van der Waals surface area contributed by atoms with Crippen LogP contribution in [0.15, 0.2) is 59.3 Å². The molecule has 0 aliphatic heterocycles. The Labute approximate surface area is 229 Å². The molecule has 1 heterocycles. The third-order valence-corrected chi connectivity index (χ3v) is 6.73. The number of halogens is 2. The van der Waals surface area contributed by atoms with E-state index in [2.05, 4.69) is 55.2 Å². The maximum atomic E-state index is 12.5. The van der Waals surface area contributed by atoms with Crippen LogP contribution in [-0.2, 0) is 17.9 Å². The Bertz CT molecular complexity index is 1300. The lowest BCUT2D eigenvalue weighted by Crippen LogP contribution is -2.27. The van der Waals surface area contributed by atoms with Crippen LogP contribution in [0.1, 0.15) is 18.3 Å². The van der Waals surface area contributed by atoms with Crippen LogP contribution in [0.3, 0.4) is 0 Å². The SMILES string of the molecule is C=CCn1c(CNc2ccc(I)cc2)nnc1S[C@@H](C)C(=O)N/N=C\c1cc(Cl)cc([N+](=O)[O-])c1O. The van der Waals surface area contributed by atoms with E-state index in [4.69, 9.17) is 11.6 Å². The van der Waals surface area contributed by atoms with Gasteiger partial charge in [0, 0.05) is 32.5 Å². The van der Waals surface area contributed by atoms with E-state index in [0.29, 0.717) is 24.1 Å². The predicted molar refractivity (Wildman–Crippen MR) is 148 cm³/mol. The fraction of sp³-hybridized carbons (Fsp3) is 0.182. The smallest absolute Gasteiger partial charge is 0.312 e. The molecule has 3 rings (SSSR count). The molecule has 0 saturated carbocycles. The molecule has 11 nitrogen and oxygen atoms in total. The van der Waals surface area contributed by atoms with Gasteiger partial charge in [-0.1, -0.05) is 29.4 Å². The molecule has 1 atom stereocenters. The number of phenolic OH excluding ortho intramolecular Hbond substituents is 1. The van der Waals surface area contributed by atoms with Crippen molar-refractivity contribution < 1.29 is 14.8 Å². The van der Waals surface area contributed by atoms with Gasteiger partial charge in [0.1, 0.15) is 0 Å². The number of anilines is 1. The first-order chi connectivity index (χ1) is 17.2. The molecule has 0 bridgehead atoms. The van der Waals surface area contributed by atoms with Gasteiger partial charge in [0.25, 0.3) is 5.91 Å². The Hall–Kier alpha value is -3.17. The molecule has 2 aromatic carbocycles. The monoisotopic (exact) mass is 641 g/mol. The van der Waals surface area contributed by atoms with Crippen molar-refractivity contribution in [2.24, 2.45) is 5.10 Å². The van der Waals surface area contributed by atoms with Crippen molar-refractivity contribution in [2.75, 3.05) is 5.32 Å². The van der Waals surface area contributed by atoms with E-state index in [1.807, 2.05) is 28.8 Å². The van der Waals surface area contributed by atoms with Crippen LogP contribution in [0.2, 0.25) is 5.02 Å². The second-order valence-corrected chi connectivity index (χ2v) is 10.3. The van der Waals surface area contributed by atoms with Gasteiger partial charge in [0.2, 0.25) is 5.75 Å². The number of aromatic hydroxyl groups is 1. The van der Waals surface area contributed by atoms with Crippen LogP contribution < -0.4 is 10.7 Å². The van der Waals surface area contributed by atoms with Crippen LogP contribution in [0.25, 0.3) is 0 Å². The summed E-state index contributed by atoms with van der Waals surface area (Å²) in [7, 11) is 0. The zero-order valence-electron chi connectivity index (χ0n) is 18.9. The number of nitrogens with zero attached hydrogens (tertiary/aromatic N) is 5. The van der Waals surface area contributed by atoms with Crippen LogP contribution >= 0.6 is 46.0 Å². The third-order valence-electron chi connectivity index (χ3n) is 4.71. The van der Waals surface area contributed by atoms with Crippen molar-refractivity contribution >= 4 is 69.5 Å². The maximum absolute atomic E-state index is 12.5. The van der Waals surface area contributed by atoms with E-state index in [1.165, 1.54) is 17.8 Å². The Kier molecular flexibility index (Phi) is 9.66. The Balaban J connectivity index is 1.64. The highest BCUT2D eigenvalue weighted by atomic mass is 127. The molecule has 3 N–H and O–H groups in total. The summed E-state index contributed by atoms with van der Waals surface area (Å²) in [6, 6.07) is 10.3. The predicted octanol–water partition coefficient (Wildman–Crippen LogP) is 4.58. The van der Waals surface area contributed by atoms with Crippen LogP contribution in [0.4, 0.5) is 11.4 Å². The lowest BCUT2D eigenvalue weighted by atomic mass is 10.2.